The lowest BCUT2D eigenvalue weighted by atomic mass is 9.80. The fraction of sp³-hybridized carbons (Fsp3) is 0.847. The van der Waals surface area contributed by atoms with Crippen LogP contribution in [-0.4, -0.2) is 122 Å². The molecule has 1 aliphatic heterocycles. The lowest BCUT2D eigenvalue weighted by Gasteiger charge is -2.41. The van der Waals surface area contributed by atoms with Crippen LogP contribution >= 0.6 is 0 Å². The molecule has 8 atom stereocenters. The first-order valence-electron chi connectivity index (χ1n) is 30.0. The van der Waals surface area contributed by atoms with Crippen LogP contribution in [0.4, 0.5) is 10.5 Å². The molecule has 1 aromatic carbocycles. The fourth-order valence-corrected chi connectivity index (χ4v) is 10.1. The summed E-state index contributed by atoms with van der Waals surface area (Å²) in [5, 5.41) is 78.8. The van der Waals surface area contributed by atoms with Crippen molar-refractivity contribution in [2.75, 3.05) is 20.0 Å². The molecule has 1 amide bonds. The number of amides is 1. The number of nitro groups is 1. The van der Waals surface area contributed by atoms with Crippen molar-refractivity contribution in [1.82, 2.24) is 5.32 Å². The molecule has 17 nitrogen and oxygen atoms in total. The summed E-state index contributed by atoms with van der Waals surface area (Å²) in [6.07, 6.45) is 29.2. The van der Waals surface area contributed by atoms with Gasteiger partial charge in [0.2, 0.25) is 6.79 Å². The number of nitrogens with zero attached hydrogens (tertiary/aromatic N) is 1. The molecule has 440 valence electrons. The number of Topliss-reactive ketones (excluding diaryl/α,β-unsaturated/α-hetero) is 1. The largest absolute Gasteiger partial charge is 0.424 e. The summed E-state index contributed by atoms with van der Waals surface area (Å²) in [4.78, 5) is 50.4. The average Bonchev–Trinajstić information content (AvgIpc) is 3.42. The van der Waals surface area contributed by atoms with Crippen LogP contribution in [0.15, 0.2) is 24.3 Å². The van der Waals surface area contributed by atoms with E-state index in [1.165, 1.54) is 166 Å². The number of carbonyl (C=O) groups is 3. The van der Waals surface area contributed by atoms with Crippen LogP contribution in [0.5, 0.6) is 0 Å². The maximum atomic E-state index is 14.2. The van der Waals surface area contributed by atoms with E-state index in [-0.39, 0.29) is 24.1 Å². The number of carbonyl (C=O) groups excluding carboxylic acids is 3. The van der Waals surface area contributed by atoms with Crippen molar-refractivity contribution < 1.29 is 68.9 Å². The van der Waals surface area contributed by atoms with Gasteiger partial charge in [-0.05, 0) is 25.0 Å². The summed E-state index contributed by atoms with van der Waals surface area (Å²) in [5.41, 5.74) is -2.68. The zero-order chi connectivity index (χ0) is 55.7. The topological polar surface area (TPSA) is 265 Å². The number of benzene rings is 1. The number of aliphatic hydroxyl groups excluding tert-OH is 5. The Labute approximate surface area is 456 Å². The summed E-state index contributed by atoms with van der Waals surface area (Å²) in [7, 11) is 0. The Morgan fingerprint density at radius 1 is 0.618 bits per heavy atom. The first-order chi connectivity index (χ1) is 36.8. The van der Waals surface area contributed by atoms with E-state index in [1.807, 2.05) is 0 Å². The minimum Gasteiger partial charge on any atom is -0.424 e. The first-order valence-corrected chi connectivity index (χ1v) is 30.0. The highest BCUT2D eigenvalue weighted by Crippen LogP contribution is 2.29. The van der Waals surface area contributed by atoms with Gasteiger partial charge in [0.25, 0.3) is 5.69 Å². The molecular formula is C59H104N2O15. The molecule has 2 rings (SSSR count). The van der Waals surface area contributed by atoms with E-state index in [0.717, 1.165) is 63.5 Å². The standard InChI is InChI=1S/C59H104N2O15/c1-3-5-7-9-11-13-15-17-18-19-20-21-22-23-24-25-26-27-28-30-32-34-36-38-51(63)59(70,43-37-35-33-31-29-16-14-12-10-8-6-4-2)55(67)49(45-73-57-54(66)53(65)52(64)50(44-62)76-57)60-58(69)75-46-74-56(68)47-39-41-48(42-40-47)61(71)72/h39-42,49-50,52-55,57,62,64-67,70H,3-38,43-46H2,1-2H3,(H,60,69)/t49-,50+,52-,53-,54+,55-,57-,59-/m0/s1. The quantitative estimate of drug-likeness (QED) is 0.0105. The molecule has 0 aromatic heterocycles. The predicted octanol–water partition coefficient (Wildman–Crippen LogP) is 11.8. The van der Waals surface area contributed by atoms with Gasteiger partial charge in [-0.3, -0.25) is 14.9 Å². The molecule has 1 fully saturated rings. The molecule has 0 unspecified atom stereocenters. The second-order valence-corrected chi connectivity index (χ2v) is 21.5. The van der Waals surface area contributed by atoms with E-state index in [1.54, 1.807) is 0 Å². The highest BCUT2D eigenvalue weighted by molar-refractivity contribution is 5.89. The molecule has 1 saturated heterocycles. The Hall–Kier alpha value is -3.29. The van der Waals surface area contributed by atoms with Crippen molar-refractivity contribution in [3.63, 3.8) is 0 Å². The van der Waals surface area contributed by atoms with Crippen molar-refractivity contribution >= 4 is 23.5 Å². The first kappa shape index (κ1) is 68.8. The normalized spacial score (nSPS) is 19.2. The number of non-ortho nitro benzene ring substituents is 1. The number of unbranched alkanes of at least 4 members (excludes halogenated alkanes) is 33. The Kier molecular flexibility index (Phi) is 39.5. The molecule has 0 bridgehead atoms. The smallest absolute Gasteiger partial charge is 0.410 e. The van der Waals surface area contributed by atoms with Gasteiger partial charge in [0, 0.05) is 18.6 Å². The van der Waals surface area contributed by atoms with Crippen molar-refractivity contribution in [3.05, 3.63) is 39.9 Å². The molecule has 1 aliphatic rings. The number of hydrogen-bond donors (Lipinski definition) is 7. The molecule has 0 saturated carbocycles. The van der Waals surface area contributed by atoms with Gasteiger partial charge in [-0.15, -0.1) is 0 Å². The molecule has 0 aliphatic carbocycles. The van der Waals surface area contributed by atoms with Gasteiger partial charge in [-0.1, -0.05) is 232 Å². The van der Waals surface area contributed by atoms with Gasteiger partial charge in [0.15, 0.2) is 17.7 Å². The molecule has 7 N–H and O–H groups in total. The van der Waals surface area contributed by atoms with Gasteiger partial charge in [0.05, 0.1) is 29.7 Å². The third kappa shape index (κ3) is 29.6. The number of nitrogens with one attached hydrogen (secondary N) is 1. The number of hydrogen-bond acceptors (Lipinski definition) is 15. The average molecular weight is 1080 g/mol. The maximum absolute atomic E-state index is 14.2. The molecule has 0 spiro atoms. The third-order valence-corrected chi connectivity index (χ3v) is 15.1. The SMILES string of the molecule is CCCCCCCCCCCCCCCCCCCCCCCCCC(=O)[C@@](O)(CCCCCCCCCCCCCC)[C@@H](O)[C@H](CO[C@H]1O[C@H](CO)[C@H](O)[C@H](O)[C@H]1O)NC(=O)OCOC(=O)c1ccc([N+](=O)[O-])cc1. The monoisotopic (exact) mass is 1080 g/mol. The van der Waals surface area contributed by atoms with Gasteiger partial charge in [0.1, 0.15) is 30.5 Å². The van der Waals surface area contributed by atoms with Crippen LogP contribution in [0, 0.1) is 10.1 Å². The van der Waals surface area contributed by atoms with Crippen LogP contribution in [-0.2, 0) is 23.7 Å². The number of aliphatic hydroxyl groups is 6. The summed E-state index contributed by atoms with van der Waals surface area (Å²) < 4.78 is 21.3. The number of nitro benzene ring substituents is 1. The fourth-order valence-electron chi connectivity index (χ4n) is 10.1. The second-order valence-electron chi connectivity index (χ2n) is 21.5. The van der Waals surface area contributed by atoms with Gasteiger partial charge in [-0.25, -0.2) is 9.59 Å². The zero-order valence-electron chi connectivity index (χ0n) is 46.9. The molecular weight excluding hydrogens is 977 g/mol. The summed E-state index contributed by atoms with van der Waals surface area (Å²) in [6, 6.07) is 2.93. The Morgan fingerprint density at radius 2 is 1.03 bits per heavy atom. The lowest BCUT2D eigenvalue weighted by molar-refractivity contribution is -0.384. The van der Waals surface area contributed by atoms with Gasteiger partial charge >= 0.3 is 12.1 Å². The van der Waals surface area contributed by atoms with Crippen LogP contribution in [0.1, 0.15) is 262 Å². The van der Waals surface area contributed by atoms with Crippen LogP contribution in [0.3, 0.4) is 0 Å². The molecule has 76 heavy (non-hydrogen) atoms. The Morgan fingerprint density at radius 3 is 1.43 bits per heavy atom. The van der Waals surface area contributed by atoms with Crippen molar-refractivity contribution in [2.24, 2.45) is 0 Å². The van der Waals surface area contributed by atoms with Crippen LogP contribution < -0.4 is 5.32 Å². The molecule has 0 radical (unpaired) electrons. The highest BCUT2D eigenvalue weighted by atomic mass is 16.7. The molecule has 1 heterocycles. The van der Waals surface area contributed by atoms with E-state index in [9.17, 15) is 55.1 Å². The Bertz CT molecular complexity index is 1640. The predicted molar refractivity (Wildman–Crippen MR) is 295 cm³/mol. The van der Waals surface area contributed by atoms with E-state index in [2.05, 4.69) is 19.2 Å². The zero-order valence-corrected chi connectivity index (χ0v) is 46.9. The number of rotatable bonds is 49. The van der Waals surface area contributed by atoms with Crippen molar-refractivity contribution in [3.8, 4) is 0 Å². The number of alkyl carbamates (subject to hydrolysis) is 1. The molecule has 1 aromatic rings. The highest BCUT2D eigenvalue weighted by Gasteiger charge is 2.48. The number of esters is 1. The van der Waals surface area contributed by atoms with E-state index in [4.69, 9.17) is 18.9 Å². The second kappa shape index (κ2) is 43.6. The van der Waals surface area contributed by atoms with Crippen LogP contribution in [0.25, 0.3) is 0 Å². The summed E-state index contributed by atoms with van der Waals surface area (Å²) in [5.74, 6) is -1.57. The van der Waals surface area contributed by atoms with E-state index < -0.39 is 91.2 Å². The molecule has 17 heteroatoms. The van der Waals surface area contributed by atoms with Gasteiger partial charge < -0.3 is 54.9 Å². The van der Waals surface area contributed by atoms with Crippen molar-refractivity contribution in [2.45, 2.75) is 300 Å². The number of ketones is 1. The van der Waals surface area contributed by atoms with E-state index in [0.29, 0.717) is 19.3 Å². The van der Waals surface area contributed by atoms with Crippen LogP contribution in [0.2, 0.25) is 0 Å². The van der Waals surface area contributed by atoms with Gasteiger partial charge in [-0.2, -0.15) is 0 Å². The Balaban J connectivity index is 1.97. The third-order valence-electron chi connectivity index (χ3n) is 15.1. The lowest BCUT2D eigenvalue weighted by Crippen LogP contribution is -2.62. The summed E-state index contributed by atoms with van der Waals surface area (Å²) in [6.45, 7) is 2.07. The minimum atomic E-state index is -2.37. The van der Waals surface area contributed by atoms with Crippen molar-refractivity contribution in [1.29, 1.82) is 0 Å². The number of ether oxygens (including phenoxy) is 4. The maximum Gasteiger partial charge on any atom is 0.410 e. The summed E-state index contributed by atoms with van der Waals surface area (Å²) >= 11 is 0. The van der Waals surface area contributed by atoms with E-state index >= 15 is 0 Å². The minimum absolute atomic E-state index is 0.0334.